The van der Waals surface area contributed by atoms with Crippen molar-refractivity contribution in [1.29, 1.82) is 0 Å². The number of non-ortho nitro benzene ring substituents is 1. The van der Waals surface area contributed by atoms with Crippen LogP contribution in [0.4, 0.5) is 5.69 Å². The van der Waals surface area contributed by atoms with Crippen molar-refractivity contribution in [3.8, 4) is 5.75 Å². The third kappa shape index (κ3) is 11.2. The molecule has 1 rings (SSSR count). The summed E-state index contributed by atoms with van der Waals surface area (Å²) in [7, 11) is 0. The van der Waals surface area contributed by atoms with E-state index in [1.807, 2.05) is 0 Å². The van der Waals surface area contributed by atoms with Gasteiger partial charge in [-0.1, -0.05) is 64.7 Å². The van der Waals surface area contributed by atoms with Gasteiger partial charge in [0.15, 0.2) is 6.10 Å². The van der Waals surface area contributed by atoms with Crippen molar-refractivity contribution in [2.45, 2.75) is 90.6 Å². The summed E-state index contributed by atoms with van der Waals surface area (Å²) >= 11 is 0. The first-order chi connectivity index (χ1) is 13.9. The number of hydrogen-bond acceptors (Lipinski definition) is 6. The highest BCUT2D eigenvalue weighted by Crippen LogP contribution is 2.19. The van der Waals surface area contributed by atoms with Gasteiger partial charge in [-0.3, -0.25) is 14.9 Å². The summed E-state index contributed by atoms with van der Waals surface area (Å²) in [5, 5.41) is 10.7. The van der Waals surface area contributed by atoms with Gasteiger partial charge in [-0.2, -0.15) is 0 Å². The number of esters is 2. The van der Waals surface area contributed by atoms with Gasteiger partial charge < -0.3 is 9.47 Å². The van der Waals surface area contributed by atoms with E-state index in [2.05, 4.69) is 6.92 Å². The van der Waals surface area contributed by atoms with Crippen molar-refractivity contribution < 1.29 is 24.0 Å². The summed E-state index contributed by atoms with van der Waals surface area (Å²) in [6.07, 6.45) is 11.2. The highest BCUT2D eigenvalue weighted by atomic mass is 16.6. The zero-order valence-corrected chi connectivity index (χ0v) is 17.6. The van der Waals surface area contributed by atoms with E-state index in [9.17, 15) is 19.7 Å². The number of unbranched alkanes of at least 4 members (excludes halogenated alkanes) is 9. The number of benzene rings is 1. The fraction of sp³-hybridized carbons (Fsp3) is 0.636. The summed E-state index contributed by atoms with van der Waals surface area (Å²) in [5.74, 6) is -1.02. The summed E-state index contributed by atoms with van der Waals surface area (Å²) in [6.45, 7) is 3.47. The van der Waals surface area contributed by atoms with Crippen molar-refractivity contribution in [1.82, 2.24) is 0 Å². The topological polar surface area (TPSA) is 95.7 Å². The summed E-state index contributed by atoms with van der Waals surface area (Å²) < 4.78 is 10.3. The molecule has 0 fully saturated rings. The average molecular weight is 408 g/mol. The van der Waals surface area contributed by atoms with E-state index in [0.29, 0.717) is 6.42 Å². The van der Waals surface area contributed by atoms with Crippen LogP contribution in [0.3, 0.4) is 0 Å². The zero-order valence-electron chi connectivity index (χ0n) is 17.6. The lowest BCUT2D eigenvalue weighted by atomic mass is 10.0. The lowest BCUT2D eigenvalue weighted by Gasteiger charge is -2.15. The van der Waals surface area contributed by atoms with Crippen LogP contribution in [0.2, 0.25) is 0 Å². The number of nitro groups is 1. The largest absolute Gasteiger partial charge is 0.451 e. The smallest absolute Gasteiger partial charge is 0.352 e. The summed E-state index contributed by atoms with van der Waals surface area (Å²) in [5.41, 5.74) is -0.0910. The van der Waals surface area contributed by atoms with Crippen molar-refractivity contribution in [3.05, 3.63) is 34.4 Å². The lowest BCUT2D eigenvalue weighted by Crippen LogP contribution is -2.30. The molecular formula is C22H33NO6. The Morgan fingerprint density at radius 2 is 1.45 bits per heavy atom. The molecule has 0 amide bonds. The van der Waals surface area contributed by atoms with Crippen LogP contribution >= 0.6 is 0 Å². The van der Waals surface area contributed by atoms with E-state index in [1.54, 1.807) is 0 Å². The molecule has 0 bridgehead atoms. The molecule has 1 aromatic carbocycles. The molecule has 1 atom stereocenters. The summed E-state index contributed by atoms with van der Waals surface area (Å²) in [4.78, 5) is 33.8. The molecule has 0 heterocycles. The number of carbonyl (C=O) groups excluding carboxylic acids is 2. The molecule has 1 unspecified atom stereocenters. The second-order valence-electron chi connectivity index (χ2n) is 7.24. The van der Waals surface area contributed by atoms with Crippen LogP contribution in [-0.4, -0.2) is 23.0 Å². The number of ether oxygens (including phenoxy) is 2. The van der Waals surface area contributed by atoms with E-state index in [1.165, 1.54) is 76.1 Å². The third-order valence-corrected chi connectivity index (χ3v) is 4.66. The molecule has 0 saturated heterocycles. The SMILES string of the molecule is CCCCCCCCCCCCC(OC(C)=O)C(=O)Oc1ccc([N+](=O)[O-])cc1. The second-order valence-corrected chi connectivity index (χ2v) is 7.24. The molecule has 0 aliphatic carbocycles. The Hall–Kier alpha value is -2.44. The standard InChI is InChI=1S/C22H33NO6/c1-3-4-5-6-7-8-9-10-11-12-13-21(28-18(2)24)22(25)29-20-16-14-19(15-17-20)23(26)27/h14-17,21H,3-13H2,1-2H3. The Morgan fingerprint density at radius 3 is 1.93 bits per heavy atom. The molecule has 29 heavy (non-hydrogen) atoms. The maximum absolute atomic E-state index is 12.3. The van der Waals surface area contributed by atoms with Gasteiger partial charge in [-0.15, -0.1) is 0 Å². The van der Waals surface area contributed by atoms with E-state index in [0.717, 1.165) is 19.3 Å². The molecule has 0 aliphatic rings. The number of nitro benzene ring substituents is 1. The quantitative estimate of drug-likeness (QED) is 0.121. The molecule has 0 N–H and O–H groups in total. The predicted molar refractivity (Wildman–Crippen MR) is 111 cm³/mol. The van der Waals surface area contributed by atoms with Crippen LogP contribution in [0, 0.1) is 10.1 Å². The van der Waals surface area contributed by atoms with E-state index in [4.69, 9.17) is 9.47 Å². The van der Waals surface area contributed by atoms with E-state index >= 15 is 0 Å². The van der Waals surface area contributed by atoms with Gasteiger partial charge in [0.25, 0.3) is 5.69 Å². The van der Waals surface area contributed by atoms with Crippen LogP contribution in [0.15, 0.2) is 24.3 Å². The van der Waals surface area contributed by atoms with Crippen LogP contribution in [-0.2, 0) is 14.3 Å². The fourth-order valence-corrected chi connectivity index (χ4v) is 3.06. The first kappa shape index (κ1) is 24.6. The molecule has 0 radical (unpaired) electrons. The molecular weight excluding hydrogens is 374 g/mol. The Bertz CT molecular complexity index is 629. The normalized spacial score (nSPS) is 11.7. The molecule has 0 aromatic heterocycles. The monoisotopic (exact) mass is 407 g/mol. The zero-order chi connectivity index (χ0) is 21.5. The molecule has 0 spiro atoms. The molecule has 7 nitrogen and oxygen atoms in total. The van der Waals surface area contributed by atoms with Gasteiger partial charge in [0.2, 0.25) is 0 Å². The Kier molecular flexibility index (Phi) is 12.3. The third-order valence-electron chi connectivity index (χ3n) is 4.66. The van der Waals surface area contributed by atoms with Gasteiger partial charge in [-0.25, -0.2) is 4.79 Å². The van der Waals surface area contributed by atoms with Crippen molar-refractivity contribution >= 4 is 17.6 Å². The maximum atomic E-state index is 12.3. The van der Waals surface area contributed by atoms with Crippen molar-refractivity contribution in [3.63, 3.8) is 0 Å². The predicted octanol–water partition coefficient (Wildman–Crippen LogP) is 5.74. The van der Waals surface area contributed by atoms with Gasteiger partial charge in [0.1, 0.15) is 5.75 Å². The van der Waals surface area contributed by atoms with Gasteiger partial charge in [0, 0.05) is 19.1 Å². The Balaban J connectivity index is 2.34. The minimum atomic E-state index is -0.961. The van der Waals surface area contributed by atoms with Gasteiger partial charge >= 0.3 is 11.9 Å². The molecule has 0 aliphatic heterocycles. The highest BCUT2D eigenvalue weighted by Gasteiger charge is 2.23. The molecule has 0 saturated carbocycles. The van der Waals surface area contributed by atoms with Crippen LogP contribution in [0.25, 0.3) is 0 Å². The van der Waals surface area contributed by atoms with E-state index in [-0.39, 0.29) is 11.4 Å². The molecule has 1 aromatic rings. The van der Waals surface area contributed by atoms with E-state index < -0.39 is 23.0 Å². The first-order valence-corrected chi connectivity index (χ1v) is 10.6. The van der Waals surface area contributed by atoms with Crippen molar-refractivity contribution in [2.75, 3.05) is 0 Å². The van der Waals surface area contributed by atoms with Crippen LogP contribution < -0.4 is 4.74 Å². The first-order valence-electron chi connectivity index (χ1n) is 10.6. The molecule has 162 valence electrons. The lowest BCUT2D eigenvalue weighted by molar-refractivity contribution is -0.384. The van der Waals surface area contributed by atoms with Gasteiger partial charge in [0.05, 0.1) is 4.92 Å². The van der Waals surface area contributed by atoms with Crippen LogP contribution in [0.5, 0.6) is 5.75 Å². The Labute approximate surface area is 172 Å². The average Bonchev–Trinajstić information content (AvgIpc) is 2.68. The molecule has 7 heteroatoms. The van der Waals surface area contributed by atoms with Crippen molar-refractivity contribution in [2.24, 2.45) is 0 Å². The Morgan fingerprint density at radius 1 is 0.931 bits per heavy atom. The second kappa shape index (κ2) is 14.5. The number of hydrogen-bond donors (Lipinski definition) is 0. The number of rotatable bonds is 15. The minimum Gasteiger partial charge on any atom is -0.451 e. The number of carbonyl (C=O) groups is 2. The number of nitrogens with zero attached hydrogens (tertiary/aromatic N) is 1. The minimum absolute atomic E-state index is 0.0910. The maximum Gasteiger partial charge on any atom is 0.352 e. The highest BCUT2D eigenvalue weighted by molar-refractivity contribution is 5.80. The van der Waals surface area contributed by atoms with Gasteiger partial charge in [-0.05, 0) is 25.0 Å². The van der Waals surface area contributed by atoms with Crippen LogP contribution in [0.1, 0.15) is 84.5 Å². The fourth-order valence-electron chi connectivity index (χ4n) is 3.06. The summed E-state index contributed by atoms with van der Waals surface area (Å²) in [6, 6.07) is 5.21.